The van der Waals surface area contributed by atoms with Gasteiger partial charge in [-0.1, -0.05) is 20.3 Å². The van der Waals surface area contributed by atoms with Gasteiger partial charge in [0, 0.05) is 25.5 Å². The third kappa shape index (κ3) is 4.39. The van der Waals surface area contributed by atoms with E-state index in [2.05, 4.69) is 10.3 Å². The molecule has 0 saturated carbocycles. The number of hydrogen-bond acceptors (Lipinski definition) is 4. The Morgan fingerprint density at radius 2 is 2.21 bits per heavy atom. The lowest BCUT2D eigenvalue weighted by Crippen LogP contribution is -2.28. The molecule has 1 rings (SSSR count). The highest BCUT2D eigenvalue weighted by molar-refractivity contribution is 5.70. The van der Waals surface area contributed by atoms with Gasteiger partial charge in [-0.05, 0) is 12.8 Å². The first-order valence-electron chi connectivity index (χ1n) is 6.62. The fraction of sp³-hybridized carbons (Fsp3) is 0.615. The van der Waals surface area contributed by atoms with E-state index in [0.29, 0.717) is 13.0 Å². The molecule has 0 aliphatic heterocycles. The van der Waals surface area contributed by atoms with E-state index in [1.807, 2.05) is 13.8 Å². The lowest BCUT2D eigenvalue weighted by atomic mass is 10.0. The standard InChI is InChI=1S/C13H21N3O3/c1-3-5-10(13(18)19)9-15-11-12(17)16(7-4-2)8-6-14-11/h6,8,10H,3-5,7,9H2,1-2H3,(H,14,15)(H,18,19). The van der Waals surface area contributed by atoms with Crippen molar-refractivity contribution in [1.82, 2.24) is 9.55 Å². The van der Waals surface area contributed by atoms with Gasteiger partial charge in [-0.2, -0.15) is 0 Å². The number of aryl methyl sites for hydroxylation is 1. The molecule has 0 spiro atoms. The third-order valence-electron chi connectivity index (χ3n) is 2.88. The van der Waals surface area contributed by atoms with E-state index in [4.69, 9.17) is 5.11 Å². The van der Waals surface area contributed by atoms with Crippen LogP contribution in [0.1, 0.15) is 33.1 Å². The highest BCUT2D eigenvalue weighted by atomic mass is 16.4. The Morgan fingerprint density at radius 1 is 1.47 bits per heavy atom. The van der Waals surface area contributed by atoms with E-state index in [9.17, 15) is 9.59 Å². The van der Waals surface area contributed by atoms with Crippen molar-refractivity contribution in [3.8, 4) is 0 Å². The molecule has 0 amide bonds. The molecule has 0 aliphatic rings. The number of hydrogen-bond donors (Lipinski definition) is 2. The minimum Gasteiger partial charge on any atom is -0.481 e. The summed E-state index contributed by atoms with van der Waals surface area (Å²) in [7, 11) is 0. The molecule has 1 aromatic rings. The summed E-state index contributed by atoms with van der Waals surface area (Å²) < 4.78 is 1.57. The van der Waals surface area contributed by atoms with Crippen molar-refractivity contribution in [2.45, 2.75) is 39.7 Å². The molecule has 0 bridgehead atoms. The summed E-state index contributed by atoms with van der Waals surface area (Å²) in [4.78, 5) is 27.0. The molecular formula is C13H21N3O3. The van der Waals surface area contributed by atoms with Gasteiger partial charge in [-0.25, -0.2) is 4.98 Å². The van der Waals surface area contributed by atoms with Gasteiger partial charge >= 0.3 is 5.97 Å². The Balaban J connectivity index is 2.74. The Labute approximate surface area is 112 Å². The topological polar surface area (TPSA) is 84.2 Å². The zero-order valence-electron chi connectivity index (χ0n) is 11.4. The summed E-state index contributed by atoms with van der Waals surface area (Å²) in [5.41, 5.74) is -0.204. The zero-order chi connectivity index (χ0) is 14.3. The molecule has 1 heterocycles. The van der Waals surface area contributed by atoms with Crippen molar-refractivity contribution >= 4 is 11.8 Å². The van der Waals surface area contributed by atoms with Gasteiger partial charge in [0.1, 0.15) is 0 Å². The number of rotatable bonds is 8. The van der Waals surface area contributed by atoms with Gasteiger partial charge < -0.3 is 15.0 Å². The summed E-state index contributed by atoms with van der Waals surface area (Å²) >= 11 is 0. The van der Waals surface area contributed by atoms with Gasteiger partial charge in [0.2, 0.25) is 0 Å². The van der Waals surface area contributed by atoms with Crippen molar-refractivity contribution in [1.29, 1.82) is 0 Å². The molecule has 0 radical (unpaired) electrons. The molecule has 0 aromatic carbocycles. The Kier molecular flexibility index (Phi) is 6.05. The zero-order valence-corrected chi connectivity index (χ0v) is 11.4. The number of nitrogens with one attached hydrogen (secondary N) is 1. The molecule has 1 unspecified atom stereocenters. The van der Waals surface area contributed by atoms with Gasteiger partial charge in [0.25, 0.3) is 5.56 Å². The second kappa shape index (κ2) is 7.56. The summed E-state index contributed by atoms with van der Waals surface area (Å²) in [5.74, 6) is -1.12. The lowest BCUT2D eigenvalue weighted by Gasteiger charge is -2.13. The van der Waals surface area contributed by atoms with Crippen LogP contribution in [0.25, 0.3) is 0 Å². The first-order chi connectivity index (χ1) is 9.10. The van der Waals surface area contributed by atoms with Crippen LogP contribution in [0, 0.1) is 5.92 Å². The van der Waals surface area contributed by atoms with Crippen LogP contribution in [0.3, 0.4) is 0 Å². The van der Waals surface area contributed by atoms with Crippen LogP contribution in [0.15, 0.2) is 17.2 Å². The van der Waals surface area contributed by atoms with E-state index >= 15 is 0 Å². The van der Waals surface area contributed by atoms with E-state index in [-0.39, 0.29) is 17.9 Å². The predicted molar refractivity (Wildman–Crippen MR) is 73.3 cm³/mol. The summed E-state index contributed by atoms with van der Waals surface area (Å²) in [5, 5.41) is 11.9. The Morgan fingerprint density at radius 3 is 2.79 bits per heavy atom. The molecular weight excluding hydrogens is 246 g/mol. The maximum absolute atomic E-state index is 12.0. The third-order valence-corrected chi connectivity index (χ3v) is 2.88. The maximum Gasteiger partial charge on any atom is 0.308 e. The SMILES string of the molecule is CCCC(CNc1nccn(CCC)c1=O)C(=O)O. The van der Waals surface area contributed by atoms with Crippen LogP contribution in [0.4, 0.5) is 5.82 Å². The highest BCUT2D eigenvalue weighted by Crippen LogP contribution is 2.07. The number of nitrogens with zero attached hydrogens (tertiary/aromatic N) is 2. The van der Waals surface area contributed by atoms with Crippen LogP contribution in [0.5, 0.6) is 0 Å². The molecule has 106 valence electrons. The highest BCUT2D eigenvalue weighted by Gasteiger charge is 2.16. The summed E-state index contributed by atoms with van der Waals surface area (Å²) in [6.07, 6.45) is 5.42. The number of anilines is 1. The smallest absolute Gasteiger partial charge is 0.308 e. The van der Waals surface area contributed by atoms with Gasteiger partial charge in [0.05, 0.1) is 5.92 Å². The molecule has 6 heteroatoms. The van der Waals surface area contributed by atoms with Crippen LogP contribution in [-0.2, 0) is 11.3 Å². The Hall–Kier alpha value is -1.85. The summed E-state index contributed by atoms with van der Waals surface area (Å²) in [6.45, 7) is 4.78. The average Bonchev–Trinajstić information content (AvgIpc) is 2.38. The monoisotopic (exact) mass is 267 g/mol. The van der Waals surface area contributed by atoms with E-state index < -0.39 is 11.9 Å². The van der Waals surface area contributed by atoms with Crippen molar-refractivity contribution in [2.24, 2.45) is 5.92 Å². The van der Waals surface area contributed by atoms with Crippen molar-refractivity contribution < 1.29 is 9.90 Å². The van der Waals surface area contributed by atoms with E-state index in [0.717, 1.165) is 12.8 Å². The molecule has 0 fully saturated rings. The quantitative estimate of drug-likeness (QED) is 0.746. The predicted octanol–water partition coefficient (Wildman–Crippen LogP) is 1.57. The second-order valence-corrected chi connectivity index (χ2v) is 4.48. The van der Waals surface area contributed by atoms with Crippen molar-refractivity contribution in [2.75, 3.05) is 11.9 Å². The first kappa shape index (κ1) is 15.2. The van der Waals surface area contributed by atoms with Crippen LogP contribution in [-0.4, -0.2) is 27.2 Å². The average molecular weight is 267 g/mol. The molecule has 0 aliphatic carbocycles. The number of aliphatic carboxylic acids is 1. The van der Waals surface area contributed by atoms with E-state index in [1.165, 1.54) is 0 Å². The van der Waals surface area contributed by atoms with Crippen LogP contribution < -0.4 is 10.9 Å². The fourth-order valence-corrected chi connectivity index (χ4v) is 1.87. The summed E-state index contributed by atoms with van der Waals surface area (Å²) in [6, 6.07) is 0. The van der Waals surface area contributed by atoms with Gasteiger partial charge in [0.15, 0.2) is 5.82 Å². The van der Waals surface area contributed by atoms with Crippen molar-refractivity contribution in [3.63, 3.8) is 0 Å². The molecule has 1 atom stereocenters. The second-order valence-electron chi connectivity index (χ2n) is 4.48. The lowest BCUT2D eigenvalue weighted by molar-refractivity contribution is -0.141. The van der Waals surface area contributed by atoms with Gasteiger partial charge in [-0.3, -0.25) is 9.59 Å². The fourth-order valence-electron chi connectivity index (χ4n) is 1.87. The molecule has 0 saturated heterocycles. The molecule has 1 aromatic heterocycles. The normalized spacial score (nSPS) is 12.1. The van der Waals surface area contributed by atoms with Gasteiger partial charge in [-0.15, -0.1) is 0 Å². The maximum atomic E-state index is 12.0. The molecule has 19 heavy (non-hydrogen) atoms. The number of carbonyl (C=O) groups is 1. The first-order valence-corrected chi connectivity index (χ1v) is 6.62. The minimum atomic E-state index is -0.848. The number of carboxylic acids is 1. The number of aromatic nitrogens is 2. The minimum absolute atomic E-state index is 0.204. The number of carboxylic acid groups (broad SMARTS) is 1. The van der Waals surface area contributed by atoms with E-state index in [1.54, 1.807) is 17.0 Å². The molecule has 2 N–H and O–H groups in total. The molecule has 6 nitrogen and oxygen atoms in total. The Bertz CT molecular complexity index is 470. The van der Waals surface area contributed by atoms with Crippen molar-refractivity contribution in [3.05, 3.63) is 22.7 Å². The van der Waals surface area contributed by atoms with Crippen LogP contribution in [0.2, 0.25) is 0 Å². The largest absolute Gasteiger partial charge is 0.481 e. The van der Waals surface area contributed by atoms with Crippen LogP contribution >= 0.6 is 0 Å².